The number of fused-ring (bicyclic) bond motifs is 1. The van der Waals surface area contributed by atoms with E-state index in [2.05, 4.69) is 50.8 Å². The molecule has 2 fully saturated rings. The minimum absolute atomic E-state index is 0.129. The monoisotopic (exact) mass is 353 g/mol. The first-order valence-corrected chi connectivity index (χ1v) is 10.3. The molecule has 4 nitrogen and oxygen atoms in total. The van der Waals surface area contributed by atoms with E-state index in [9.17, 15) is 0 Å². The van der Waals surface area contributed by atoms with Crippen molar-refractivity contribution in [1.29, 1.82) is 0 Å². The number of rotatable bonds is 2. The molecular weight excluding hydrogens is 322 g/mol. The third kappa shape index (κ3) is 1.64. The van der Waals surface area contributed by atoms with E-state index in [0.717, 1.165) is 12.8 Å². The second kappa shape index (κ2) is 5.03. The quantitative estimate of drug-likeness (QED) is 0.878. The van der Waals surface area contributed by atoms with Crippen molar-refractivity contribution in [3.05, 3.63) is 34.9 Å². The summed E-state index contributed by atoms with van der Waals surface area (Å²) in [4.78, 5) is 7.42. The zero-order valence-electron chi connectivity index (χ0n) is 16.5. The van der Waals surface area contributed by atoms with Crippen molar-refractivity contribution in [2.45, 2.75) is 82.9 Å². The number of aliphatic imine (C=N–C) groups is 1. The van der Waals surface area contributed by atoms with E-state index in [4.69, 9.17) is 15.5 Å². The zero-order valence-corrected chi connectivity index (χ0v) is 16.5. The first-order valence-electron chi connectivity index (χ1n) is 10.3. The van der Waals surface area contributed by atoms with Gasteiger partial charge in [0.1, 0.15) is 17.9 Å². The van der Waals surface area contributed by atoms with Crippen LogP contribution in [-0.4, -0.2) is 29.2 Å². The molecule has 140 valence electrons. The smallest absolute Gasteiger partial charge is 0.194 e. The van der Waals surface area contributed by atoms with E-state index >= 15 is 0 Å². The summed E-state index contributed by atoms with van der Waals surface area (Å²) in [7, 11) is 0. The molecule has 0 saturated heterocycles. The molecule has 3 spiro atoms. The lowest BCUT2D eigenvalue weighted by molar-refractivity contribution is -0.0644. The van der Waals surface area contributed by atoms with Gasteiger partial charge in [-0.2, -0.15) is 0 Å². The molecular formula is C22H31N3O. The van der Waals surface area contributed by atoms with Crippen LogP contribution in [0.1, 0.15) is 76.0 Å². The van der Waals surface area contributed by atoms with Gasteiger partial charge in [-0.05, 0) is 55.7 Å². The summed E-state index contributed by atoms with van der Waals surface area (Å²) in [6.07, 6.45) is 5.93. The Morgan fingerprint density at radius 1 is 1.15 bits per heavy atom. The number of guanidine groups is 1. The highest BCUT2D eigenvalue weighted by Gasteiger charge is 2.92. The fraction of sp³-hybridized carbons (Fsp3) is 0.682. The van der Waals surface area contributed by atoms with E-state index in [1.165, 1.54) is 36.0 Å². The molecule has 0 bridgehead atoms. The van der Waals surface area contributed by atoms with Crippen molar-refractivity contribution in [2.24, 2.45) is 16.1 Å². The van der Waals surface area contributed by atoms with Crippen molar-refractivity contribution in [1.82, 2.24) is 4.90 Å². The third-order valence-corrected chi connectivity index (χ3v) is 7.70. The molecule has 0 amide bonds. The molecule has 1 aromatic rings. The highest BCUT2D eigenvalue weighted by atomic mass is 16.5. The highest BCUT2D eigenvalue weighted by Crippen LogP contribution is 2.85. The Morgan fingerprint density at radius 2 is 1.92 bits per heavy atom. The van der Waals surface area contributed by atoms with E-state index in [0.29, 0.717) is 24.7 Å². The predicted molar refractivity (Wildman–Crippen MR) is 104 cm³/mol. The summed E-state index contributed by atoms with van der Waals surface area (Å²) >= 11 is 0. The van der Waals surface area contributed by atoms with Gasteiger partial charge in [0.15, 0.2) is 5.96 Å². The Labute approximate surface area is 156 Å². The first kappa shape index (κ1) is 16.6. The van der Waals surface area contributed by atoms with Crippen LogP contribution in [0.15, 0.2) is 23.2 Å². The van der Waals surface area contributed by atoms with E-state index in [1.807, 2.05) is 0 Å². The van der Waals surface area contributed by atoms with E-state index in [-0.39, 0.29) is 16.6 Å². The zero-order chi connectivity index (χ0) is 18.3. The Hall–Kier alpha value is -1.55. The standard InChI is InChI=1S/C22H31N3O/c1-14(2)16-7-8-17-12-20-9-5-6-10-21(20)22(20,18(17)11-16)24-19(23)25(13-26-21)15(3)4/h7-8,11,14-15H,5-6,9-10,12-13H2,1-4H3,(H2,23,24)/t20-,21?,22?/m0/s1. The van der Waals surface area contributed by atoms with Gasteiger partial charge in [-0.25, -0.2) is 4.99 Å². The summed E-state index contributed by atoms with van der Waals surface area (Å²) in [6.45, 7) is 9.41. The maximum Gasteiger partial charge on any atom is 0.194 e. The largest absolute Gasteiger partial charge is 0.370 e. The van der Waals surface area contributed by atoms with Crippen LogP contribution in [0.3, 0.4) is 0 Å². The van der Waals surface area contributed by atoms with Crippen LogP contribution in [0, 0.1) is 5.41 Å². The van der Waals surface area contributed by atoms with Crippen molar-refractivity contribution < 1.29 is 4.74 Å². The minimum atomic E-state index is -0.259. The van der Waals surface area contributed by atoms with Crippen LogP contribution in [0.5, 0.6) is 0 Å². The molecule has 3 aliphatic carbocycles. The molecule has 1 aliphatic heterocycles. The van der Waals surface area contributed by atoms with Gasteiger partial charge < -0.3 is 15.4 Å². The summed E-state index contributed by atoms with van der Waals surface area (Å²) in [6, 6.07) is 7.36. The molecule has 2 saturated carbocycles. The minimum Gasteiger partial charge on any atom is -0.370 e. The van der Waals surface area contributed by atoms with Gasteiger partial charge in [0, 0.05) is 11.5 Å². The molecule has 5 rings (SSSR count). The summed E-state index contributed by atoms with van der Waals surface area (Å²) in [5.74, 6) is 1.18. The Balaban J connectivity index is 1.73. The molecule has 1 aromatic carbocycles. The molecule has 4 aliphatic rings. The van der Waals surface area contributed by atoms with Crippen LogP contribution < -0.4 is 5.73 Å². The van der Waals surface area contributed by atoms with E-state index in [1.54, 1.807) is 0 Å². The van der Waals surface area contributed by atoms with Gasteiger partial charge in [-0.1, -0.05) is 44.9 Å². The maximum absolute atomic E-state index is 6.75. The summed E-state index contributed by atoms with van der Waals surface area (Å²) in [5.41, 5.74) is 10.5. The van der Waals surface area contributed by atoms with Gasteiger partial charge in [0.25, 0.3) is 0 Å². The number of nitrogens with zero attached hydrogens (tertiary/aromatic N) is 2. The fourth-order valence-corrected chi connectivity index (χ4v) is 6.39. The molecule has 2 unspecified atom stereocenters. The van der Waals surface area contributed by atoms with Gasteiger partial charge in [0.2, 0.25) is 0 Å². The molecule has 4 heteroatoms. The highest BCUT2D eigenvalue weighted by molar-refractivity contribution is 5.81. The van der Waals surface area contributed by atoms with Crippen molar-refractivity contribution in [2.75, 3.05) is 6.73 Å². The molecule has 26 heavy (non-hydrogen) atoms. The lowest BCUT2D eigenvalue weighted by atomic mass is 9.82. The second-order valence-corrected chi connectivity index (χ2v) is 9.38. The number of hydrogen-bond acceptors (Lipinski definition) is 4. The molecule has 1 heterocycles. The average Bonchev–Trinajstić information content (AvgIpc) is 3.02. The van der Waals surface area contributed by atoms with E-state index < -0.39 is 0 Å². The van der Waals surface area contributed by atoms with Crippen molar-refractivity contribution in [3.8, 4) is 0 Å². The molecule has 2 N–H and O–H groups in total. The Morgan fingerprint density at radius 3 is 2.65 bits per heavy atom. The van der Waals surface area contributed by atoms with Crippen LogP contribution in [-0.2, 0) is 16.7 Å². The van der Waals surface area contributed by atoms with Gasteiger partial charge in [0.05, 0.1) is 0 Å². The summed E-state index contributed by atoms with van der Waals surface area (Å²) < 4.78 is 6.75. The van der Waals surface area contributed by atoms with Crippen molar-refractivity contribution >= 4 is 5.96 Å². The molecule has 0 radical (unpaired) electrons. The number of hydrogen-bond donors (Lipinski definition) is 1. The topological polar surface area (TPSA) is 50.8 Å². The number of ether oxygens (including phenoxy) is 1. The van der Waals surface area contributed by atoms with Crippen LogP contribution in [0.25, 0.3) is 0 Å². The van der Waals surface area contributed by atoms with Crippen LogP contribution in [0.2, 0.25) is 0 Å². The average molecular weight is 354 g/mol. The molecule has 3 atom stereocenters. The normalized spacial score (nSPS) is 37.6. The van der Waals surface area contributed by atoms with Gasteiger partial charge in [-0.3, -0.25) is 0 Å². The van der Waals surface area contributed by atoms with Gasteiger partial charge in [-0.15, -0.1) is 0 Å². The lowest BCUT2D eigenvalue weighted by Gasteiger charge is -2.33. The SMILES string of the molecule is CC(C)c1ccc2c(c1)C13N=C(N)N(C(C)C)COC14CCCC[C@]43C2. The first-order chi connectivity index (χ1) is 12.4. The number of benzene rings is 1. The fourth-order valence-electron chi connectivity index (χ4n) is 6.39. The lowest BCUT2D eigenvalue weighted by Crippen LogP contribution is -2.44. The second-order valence-electron chi connectivity index (χ2n) is 9.38. The predicted octanol–water partition coefficient (Wildman–Crippen LogP) is 3.89. The van der Waals surface area contributed by atoms with Crippen LogP contribution in [0.4, 0.5) is 0 Å². The Kier molecular flexibility index (Phi) is 3.22. The third-order valence-electron chi connectivity index (χ3n) is 7.70. The summed E-state index contributed by atoms with van der Waals surface area (Å²) in [5, 5.41) is 0. The van der Waals surface area contributed by atoms with Crippen LogP contribution >= 0.6 is 0 Å². The molecule has 0 aromatic heterocycles. The number of nitrogens with two attached hydrogens (primary N) is 1. The van der Waals surface area contributed by atoms with Crippen molar-refractivity contribution in [3.63, 3.8) is 0 Å². The Bertz CT molecular complexity index is 801. The van der Waals surface area contributed by atoms with Gasteiger partial charge >= 0.3 is 0 Å². The maximum atomic E-state index is 6.75.